The van der Waals surface area contributed by atoms with Gasteiger partial charge in [0, 0.05) is 54.5 Å². The second-order valence-corrected chi connectivity index (χ2v) is 13.7. The van der Waals surface area contributed by atoms with Crippen molar-refractivity contribution in [3.05, 3.63) is 170 Å². The number of hydrogen-bond donors (Lipinski definition) is 0. The fourth-order valence-corrected chi connectivity index (χ4v) is 8.66. The third-order valence-electron chi connectivity index (χ3n) is 10.9. The molecule has 0 aliphatic carbocycles. The molecular weight excluding hydrogens is 637 g/mol. The van der Waals surface area contributed by atoms with Crippen LogP contribution in [0.5, 0.6) is 0 Å². The van der Waals surface area contributed by atoms with Gasteiger partial charge in [-0.3, -0.25) is 0 Å². The van der Waals surface area contributed by atoms with Crippen LogP contribution in [0.4, 0.5) is 0 Å². The standard InChI is InChI=1S/C48H28N2O2/c1-3-11-31(12-4-1)49-40-25-26-44-46(37-16-8-10-18-43(37)51-44)45(40)36-21-19-30(28-41(36)49)29-20-24-39-38(27-29)34-22-23-35-33-15-7-9-17-42(33)52-48(35)47(34)50(39)32-13-5-2-6-14-32/h1-28H. The Bertz CT molecular complexity index is 3400. The van der Waals surface area contributed by atoms with Gasteiger partial charge in [-0.25, -0.2) is 0 Å². The lowest BCUT2D eigenvalue weighted by Gasteiger charge is -2.10. The summed E-state index contributed by atoms with van der Waals surface area (Å²) in [5.74, 6) is 0. The van der Waals surface area contributed by atoms with Gasteiger partial charge < -0.3 is 18.0 Å². The minimum Gasteiger partial charge on any atom is -0.456 e. The van der Waals surface area contributed by atoms with Gasteiger partial charge in [0.05, 0.1) is 22.1 Å². The number of nitrogens with zero attached hydrogens (tertiary/aromatic N) is 2. The molecule has 0 spiro atoms. The van der Waals surface area contributed by atoms with E-state index in [0.717, 1.165) is 88.4 Å². The molecule has 0 N–H and O–H groups in total. The van der Waals surface area contributed by atoms with E-state index >= 15 is 0 Å². The van der Waals surface area contributed by atoms with Crippen molar-refractivity contribution in [2.45, 2.75) is 0 Å². The number of fused-ring (bicyclic) bond motifs is 14. The SMILES string of the molecule is c1ccc(-n2c3cc(-c4ccc5c(c4)c4ccc6c7ccccc7oc6c4n5-c4ccccc4)ccc3c3c4c(ccc32)oc2ccccc24)cc1. The topological polar surface area (TPSA) is 36.1 Å². The summed E-state index contributed by atoms with van der Waals surface area (Å²) in [4.78, 5) is 0. The lowest BCUT2D eigenvalue weighted by molar-refractivity contribution is 0.669. The van der Waals surface area contributed by atoms with E-state index in [-0.39, 0.29) is 0 Å². The van der Waals surface area contributed by atoms with Crippen molar-refractivity contribution < 1.29 is 8.83 Å². The first kappa shape index (κ1) is 27.7. The summed E-state index contributed by atoms with van der Waals surface area (Å²) in [5.41, 5.74) is 12.7. The van der Waals surface area contributed by atoms with Gasteiger partial charge in [0.2, 0.25) is 0 Å². The number of furan rings is 2. The fraction of sp³-hybridized carbons (Fsp3) is 0. The van der Waals surface area contributed by atoms with Crippen LogP contribution in [-0.2, 0) is 0 Å². The Morgan fingerprint density at radius 3 is 1.75 bits per heavy atom. The average Bonchev–Trinajstić information content (AvgIpc) is 3.95. The zero-order valence-electron chi connectivity index (χ0n) is 27.9. The molecule has 0 atom stereocenters. The van der Waals surface area contributed by atoms with E-state index in [4.69, 9.17) is 8.83 Å². The molecule has 4 aromatic heterocycles. The summed E-state index contributed by atoms with van der Waals surface area (Å²) in [6.07, 6.45) is 0. The van der Waals surface area contributed by atoms with Crippen molar-refractivity contribution in [1.29, 1.82) is 0 Å². The van der Waals surface area contributed by atoms with E-state index in [0.29, 0.717) is 0 Å². The first-order chi connectivity index (χ1) is 25.8. The van der Waals surface area contributed by atoms with Crippen LogP contribution in [0, 0.1) is 0 Å². The minimum atomic E-state index is 0.901. The first-order valence-corrected chi connectivity index (χ1v) is 17.7. The number of para-hydroxylation sites is 4. The monoisotopic (exact) mass is 664 g/mol. The predicted molar refractivity (Wildman–Crippen MR) is 215 cm³/mol. The van der Waals surface area contributed by atoms with Crippen molar-refractivity contribution in [3.8, 4) is 22.5 Å². The van der Waals surface area contributed by atoms with Crippen LogP contribution < -0.4 is 0 Å². The molecule has 0 radical (unpaired) electrons. The van der Waals surface area contributed by atoms with E-state index in [9.17, 15) is 0 Å². The Morgan fingerprint density at radius 2 is 0.942 bits per heavy atom. The van der Waals surface area contributed by atoms with Crippen LogP contribution in [0.1, 0.15) is 0 Å². The molecule has 12 aromatic rings. The van der Waals surface area contributed by atoms with Crippen molar-refractivity contribution >= 4 is 87.5 Å². The van der Waals surface area contributed by atoms with Gasteiger partial charge in [-0.2, -0.15) is 0 Å². The molecular formula is C48H28N2O2. The lowest BCUT2D eigenvalue weighted by Crippen LogP contribution is -1.94. The normalized spacial score (nSPS) is 12.2. The highest BCUT2D eigenvalue weighted by molar-refractivity contribution is 6.28. The van der Waals surface area contributed by atoms with Crippen LogP contribution in [0.25, 0.3) is 110 Å². The molecule has 0 saturated carbocycles. The first-order valence-electron chi connectivity index (χ1n) is 17.7. The largest absolute Gasteiger partial charge is 0.456 e. The molecule has 0 unspecified atom stereocenters. The summed E-state index contributed by atoms with van der Waals surface area (Å²) in [6.45, 7) is 0. The molecule has 0 amide bonds. The molecule has 8 aromatic carbocycles. The van der Waals surface area contributed by atoms with Crippen molar-refractivity contribution in [2.75, 3.05) is 0 Å². The number of rotatable bonds is 3. The summed E-state index contributed by atoms with van der Waals surface area (Å²) >= 11 is 0. The molecule has 0 saturated heterocycles. The van der Waals surface area contributed by atoms with E-state index in [1.54, 1.807) is 0 Å². The van der Waals surface area contributed by atoms with Gasteiger partial charge in [0.15, 0.2) is 5.58 Å². The molecule has 0 aliphatic heterocycles. The van der Waals surface area contributed by atoms with Crippen molar-refractivity contribution in [3.63, 3.8) is 0 Å². The quantitative estimate of drug-likeness (QED) is 0.188. The highest BCUT2D eigenvalue weighted by Gasteiger charge is 2.22. The maximum absolute atomic E-state index is 6.63. The molecule has 4 nitrogen and oxygen atoms in total. The maximum Gasteiger partial charge on any atom is 0.160 e. The molecule has 52 heavy (non-hydrogen) atoms. The molecule has 4 heterocycles. The second-order valence-electron chi connectivity index (χ2n) is 13.7. The van der Waals surface area contributed by atoms with Gasteiger partial charge in [0.25, 0.3) is 0 Å². The third-order valence-corrected chi connectivity index (χ3v) is 10.9. The molecule has 242 valence electrons. The summed E-state index contributed by atoms with van der Waals surface area (Å²) in [6, 6.07) is 60.5. The Morgan fingerprint density at radius 1 is 0.327 bits per heavy atom. The van der Waals surface area contributed by atoms with Crippen LogP contribution in [0.3, 0.4) is 0 Å². The smallest absolute Gasteiger partial charge is 0.160 e. The lowest BCUT2D eigenvalue weighted by atomic mass is 10.00. The zero-order valence-corrected chi connectivity index (χ0v) is 27.9. The van der Waals surface area contributed by atoms with Gasteiger partial charge in [-0.05, 0) is 83.9 Å². The summed E-state index contributed by atoms with van der Waals surface area (Å²) in [5, 5.41) is 9.33. The van der Waals surface area contributed by atoms with Gasteiger partial charge in [0.1, 0.15) is 16.7 Å². The van der Waals surface area contributed by atoms with Gasteiger partial charge in [-0.1, -0.05) is 97.1 Å². The molecule has 0 fully saturated rings. The van der Waals surface area contributed by atoms with Gasteiger partial charge >= 0.3 is 0 Å². The highest BCUT2D eigenvalue weighted by Crippen LogP contribution is 2.44. The van der Waals surface area contributed by atoms with Crippen molar-refractivity contribution in [2.24, 2.45) is 0 Å². The number of hydrogen-bond acceptors (Lipinski definition) is 2. The van der Waals surface area contributed by atoms with E-state index in [1.165, 1.54) is 21.5 Å². The molecule has 0 aliphatic rings. The van der Waals surface area contributed by atoms with Crippen LogP contribution in [-0.4, -0.2) is 9.13 Å². The second kappa shape index (κ2) is 10.3. The predicted octanol–water partition coefficient (Wildman–Crippen LogP) is 13.3. The van der Waals surface area contributed by atoms with E-state index < -0.39 is 0 Å². The third kappa shape index (κ3) is 3.70. The molecule has 4 heteroatoms. The Labute approximate surface area is 296 Å². The molecule has 12 rings (SSSR count). The van der Waals surface area contributed by atoms with E-state index in [1.807, 2.05) is 12.1 Å². The number of aromatic nitrogens is 2. The van der Waals surface area contributed by atoms with Crippen LogP contribution in [0.2, 0.25) is 0 Å². The summed E-state index contributed by atoms with van der Waals surface area (Å²) < 4.78 is 17.7. The molecule has 0 bridgehead atoms. The highest BCUT2D eigenvalue weighted by atomic mass is 16.3. The number of benzene rings is 8. The summed E-state index contributed by atoms with van der Waals surface area (Å²) in [7, 11) is 0. The zero-order chi connectivity index (χ0) is 33.9. The van der Waals surface area contributed by atoms with Gasteiger partial charge in [-0.15, -0.1) is 0 Å². The maximum atomic E-state index is 6.63. The fourth-order valence-electron chi connectivity index (χ4n) is 8.66. The van der Waals surface area contributed by atoms with E-state index in [2.05, 4.69) is 167 Å². The van der Waals surface area contributed by atoms with Crippen LogP contribution >= 0.6 is 0 Å². The Hall–Kier alpha value is -7.04. The average molecular weight is 665 g/mol. The Balaban J connectivity index is 1.15. The minimum absolute atomic E-state index is 0.901. The van der Waals surface area contributed by atoms with Crippen LogP contribution in [0.15, 0.2) is 179 Å². The van der Waals surface area contributed by atoms with Crippen molar-refractivity contribution in [1.82, 2.24) is 9.13 Å². The Kier molecular flexibility index (Phi) is 5.47.